The van der Waals surface area contributed by atoms with Gasteiger partial charge in [0.25, 0.3) is 0 Å². The van der Waals surface area contributed by atoms with Crippen molar-refractivity contribution in [2.45, 2.75) is 20.0 Å². The molecule has 0 fully saturated rings. The molecule has 0 aliphatic heterocycles. The summed E-state index contributed by atoms with van der Waals surface area (Å²) in [5, 5.41) is 2.67. The highest BCUT2D eigenvalue weighted by Crippen LogP contribution is 2.11. The second-order valence-corrected chi connectivity index (χ2v) is 5.28. The van der Waals surface area contributed by atoms with E-state index >= 15 is 0 Å². The Hall–Kier alpha value is -2.62. The smallest absolute Gasteiger partial charge is 0.407 e. The molecule has 0 aliphatic carbocycles. The molecule has 0 heterocycles. The summed E-state index contributed by atoms with van der Waals surface area (Å²) in [6.45, 7) is 2.43. The third-order valence-corrected chi connectivity index (χ3v) is 3.63. The lowest BCUT2D eigenvalue weighted by atomic mass is 9.95. The van der Waals surface area contributed by atoms with E-state index in [1.165, 1.54) is 0 Å². The van der Waals surface area contributed by atoms with Gasteiger partial charge in [0.05, 0.1) is 0 Å². The molecule has 0 aromatic heterocycles. The summed E-state index contributed by atoms with van der Waals surface area (Å²) >= 11 is 0. The zero-order valence-corrected chi connectivity index (χ0v) is 13.2. The molecular formula is C19H21NO3. The van der Waals surface area contributed by atoms with Gasteiger partial charge in [-0.1, -0.05) is 67.6 Å². The molecule has 4 nitrogen and oxygen atoms in total. The van der Waals surface area contributed by atoms with Crippen LogP contribution in [0.15, 0.2) is 60.7 Å². The summed E-state index contributed by atoms with van der Waals surface area (Å²) in [5.41, 5.74) is 1.59. The van der Waals surface area contributed by atoms with Crippen LogP contribution >= 0.6 is 0 Å². The third-order valence-electron chi connectivity index (χ3n) is 3.63. The van der Waals surface area contributed by atoms with Crippen molar-refractivity contribution in [3.63, 3.8) is 0 Å². The number of hydrogen-bond donors (Lipinski definition) is 1. The molecule has 0 saturated heterocycles. The molecule has 1 unspecified atom stereocenters. The lowest BCUT2D eigenvalue weighted by Gasteiger charge is -2.15. The SMILES string of the molecule is CCC(CNC(=O)OCc1ccccc1)C(=O)c1ccccc1. The van der Waals surface area contributed by atoms with Gasteiger partial charge < -0.3 is 10.1 Å². The molecule has 1 N–H and O–H groups in total. The van der Waals surface area contributed by atoms with E-state index in [-0.39, 0.29) is 24.9 Å². The average molecular weight is 311 g/mol. The number of rotatable bonds is 7. The molecule has 1 atom stereocenters. The van der Waals surface area contributed by atoms with E-state index in [1.807, 2.05) is 55.5 Å². The highest BCUT2D eigenvalue weighted by atomic mass is 16.5. The zero-order chi connectivity index (χ0) is 16.5. The fourth-order valence-electron chi connectivity index (χ4n) is 2.24. The molecule has 0 aliphatic rings. The lowest BCUT2D eigenvalue weighted by molar-refractivity contribution is 0.0911. The fraction of sp³-hybridized carbons (Fsp3) is 0.263. The van der Waals surface area contributed by atoms with E-state index in [0.717, 1.165) is 5.56 Å². The largest absolute Gasteiger partial charge is 0.445 e. The van der Waals surface area contributed by atoms with E-state index in [0.29, 0.717) is 12.0 Å². The monoisotopic (exact) mass is 311 g/mol. The molecule has 2 aromatic rings. The second-order valence-electron chi connectivity index (χ2n) is 5.28. The number of alkyl carbamates (subject to hydrolysis) is 1. The van der Waals surface area contributed by atoms with Gasteiger partial charge in [-0.25, -0.2) is 4.79 Å². The van der Waals surface area contributed by atoms with Gasteiger partial charge in [-0.05, 0) is 12.0 Å². The molecular weight excluding hydrogens is 290 g/mol. The Morgan fingerprint density at radius 3 is 2.22 bits per heavy atom. The maximum absolute atomic E-state index is 12.4. The first kappa shape index (κ1) is 16.7. The van der Waals surface area contributed by atoms with Crippen LogP contribution in [-0.4, -0.2) is 18.4 Å². The fourth-order valence-corrected chi connectivity index (χ4v) is 2.24. The zero-order valence-electron chi connectivity index (χ0n) is 13.2. The number of carbonyl (C=O) groups excluding carboxylic acids is 2. The van der Waals surface area contributed by atoms with Crippen molar-refractivity contribution in [3.8, 4) is 0 Å². The average Bonchev–Trinajstić information content (AvgIpc) is 2.62. The maximum atomic E-state index is 12.4. The topological polar surface area (TPSA) is 55.4 Å². The van der Waals surface area contributed by atoms with E-state index in [4.69, 9.17) is 4.74 Å². The van der Waals surface area contributed by atoms with Crippen LogP contribution in [0.25, 0.3) is 0 Å². The Kier molecular flexibility index (Phi) is 6.36. The molecule has 23 heavy (non-hydrogen) atoms. The summed E-state index contributed by atoms with van der Waals surface area (Å²) in [6.07, 6.45) is 0.153. The van der Waals surface area contributed by atoms with Crippen LogP contribution in [0, 0.1) is 5.92 Å². The summed E-state index contributed by atoms with van der Waals surface area (Å²) in [4.78, 5) is 24.1. The van der Waals surface area contributed by atoms with Gasteiger partial charge in [-0.2, -0.15) is 0 Å². The van der Waals surface area contributed by atoms with Crippen molar-refractivity contribution in [2.75, 3.05) is 6.54 Å². The third kappa shape index (κ3) is 5.25. The standard InChI is InChI=1S/C19H21NO3/c1-2-16(18(21)17-11-7-4-8-12-17)13-20-19(22)23-14-15-9-5-3-6-10-15/h3-12,16H,2,13-14H2,1H3,(H,20,22). The van der Waals surface area contributed by atoms with Crippen LogP contribution in [0.1, 0.15) is 29.3 Å². The number of carbonyl (C=O) groups is 2. The van der Waals surface area contributed by atoms with Crippen molar-refractivity contribution in [3.05, 3.63) is 71.8 Å². The first-order valence-corrected chi connectivity index (χ1v) is 7.74. The number of ether oxygens (including phenoxy) is 1. The predicted molar refractivity (Wildman–Crippen MR) is 89.2 cm³/mol. The molecule has 0 bridgehead atoms. The molecule has 120 valence electrons. The van der Waals surface area contributed by atoms with Gasteiger partial charge in [0.15, 0.2) is 5.78 Å². The maximum Gasteiger partial charge on any atom is 0.407 e. The number of benzene rings is 2. The first-order chi connectivity index (χ1) is 11.2. The Balaban J connectivity index is 1.81. The van der Waals surface area contributed by atoms with E-state index in [1.54, 1.807) is 12.1 Å². The van der Waals surface area contributed by atoms with Gasteiger partial charge >= 0.3 is 6.09 Å². The van der Waals surface area contributed by atoms with Crippen molar-refractivity contribution in [2.24, 2.45) is 5.92 Å². The molecule has 2 rings (SSSR count). The van der Waals surface area contributed by atoms with Crippen molar-refractivity contribution in [1.29, 1.82) is 0 Å². The molecule has 4 heteroatoms. The van der Waals surface area contributed by atoms with Gasteiger partial charge in [-0.15, -0.1) is 0 Å². The molecule has 0 saturated carbocycles. The predicted octanol–water partition coefficient (Wildman–Crippen LogP) is 3.82. The van der Waals surface area contributed by atoms with Crippen LogP contribution in [0.5, 0.6) is 0 Å². The van der Waals surface area contributed by atoms with Crippen LogP contribution in [0.2, 0.25) is 0 Å². The van der Waals surface area contributed by atoms with Crippen LogP contribution in [0.4, 0.5) is 4.79 Å². The van der Waals surface area contributed by atoms with E-state index in [2.05, 4.69) is 5.32 Å². The number of ketones is 1. The first-order valence-electron chi connectivity index (χ1n) is 7.74. The highest BCUT2D eigenvalue weighted by molar-refractivity contribution is 5.98. The minimum atomic E-state index is -0.506. The molecule has 0 spiro atoms. The Bertz CT molecular complexity index is 626. The van der Waals surface area contributed by atoms with Crippen molar-refractivity contribution >= 4 is 11.9 Å². The van der Waals surface area contributed by atoms with E-state index in [9.17, 15) is 9.59 Å². The summed E-state index contributed by atoms with van der Waals surface area (Å²) in [5.74, 6) is -0.210. The second kappa shape index (κ2) is 8.73. The number of Topliss-reactive ketones (excluding diaryl/α,β-unsaturated/α-hetero) is 1. The number of nitrogens with one attached hydrogen (secondary N) is 1. The van der Waals surface area contributed by atoms with Gasteiger partial charge in [0.1, 0.15) is 6.61 Å². The van der Waals surface area contributed by atoms with Crippen LogP contribution in [0.3, 0.4) is 0 Å². The Morgan fingerprint density at radius 1 is 1.00 bits per heavy atom. The lowest BCUT2D eigenvalue weighted by Crippen LogP contribution is -2.33. The Morgan fingerprint density at radius 2 is 1.61 bits per heavy atom. The summed E-state index contributed by atoms with van der Waals surface area (Å²) in [7, 11) is 0. The van der Waals surface area contributed by atoms with Gasteiger partial charge in [-0.3, -0.25) is 4.79 Å². The van der Waals surface area contributed by atoms with Gasteiger partial charge in [0.2, 0.25) is 0 Å². The van der Waals surface area contributed by atoms with Gasteiger partial charge in [0, 0.05) is 18.0 Å². The summed E-state index contributed by atoms with van der Waals surface area (Å²) < 4.78 is 5.15. The quantitative estimate of drug-likeness (QED) is 0.791. The Labute approximate surface area is 136 Å². The molecule has 1 amide bonds. The molecule has 0 radical (unpaired) electrons. The number of hydrogen-bond acceptors (Lipinski definition) is 3. The van der Waals surface area contributed by atoms with Crippen LogP contribution in [-0.2, 0) is 11.3 Å². The summed E-state index contributed by atoms with van der Waals surface area (Å²) in [6, 6.07) is 18.6. The minimum absolute atomic E-state index is 0.0384. The van der Waals surface area contributed by atoms with Crippen molar-refractivity contribution in [1.82, 2.24) is 5.32 Å². The minimum Gasteiger partial charge on any atom is -0.445 e. The highest BCUT2D eigenvalue weighted by Gasteiger charge is 2.19. The molecule has 2 aromatic carbocycles. The normalized spacial score (nSPS) is 11.5. The van der Waals surface area contributed by atoms with Crippen LogP contribution < -0.4 is 5.32 Å². The van der Waals surface area contributed by atoms with Crippen molar-refractivity contribution < 1.29 is 14.3 Å². The number of amides is 1. The van der Waals surface area contributed by atoms with E-state index < -0.39 is 6.09 Å².